The molecular weight excluding hydrogens is 210 g/mol. The molecule has 0 saturated carbocycles. The third-order valence-corrected chi connectivity index (χ3v) is 2.63. The second kappa shape index (κ2) is 6.06. The van der Waals surface area contributed by atoms with Crippen LogP contribution in [0.1, 0.15) is 11.1 Å². The van der Waals surface area contributed by atoms with Crippen molar-refractivity contribution in [2.45, 2.75) is 13.2 Å². The van der Waals surface area contributed by atoms with Crippen molar-refractivity contribution in [3.8, 4) is 5.75 Å². The van der Waals surface area contributed by atoms with E-state index in [0.717, 1.165) is 12.3 Å². The summed E-state index contributed by atoms with van der Waals surface area (Å²) in [4.78, 5) is 0. The molecule has 0 bridgehead atoms. The van der Waals surface area contributed by atoms with Crippen molar-refractivity contribution < 1.29 is 10.1 Å². The number of benzene rings is 2. The average Bonchev–Trinajstić information content (AvgIpc) is 2.39. The SMILES string of the molecule is C[NH2+]Cc1ccccc1OCc1ccccc1. The topological polar surface area (TPSA) is 25.8 Å². The third-order valence-electron chi connectivity index (χ3n) is 2.63. The summed E-state index contributed by atoms with van der Waals surface area (Å²) in [6.07, 6.45) is 0. The fraction of sp³-hybridized carbons (Fsp3) is 0.200. The summed E-state index contributed by atoms with van der Waals surface area (Å²) in [5.41, 5.74) is 2.44. The van der Waals surface area contributed by atoms with Crippen LogP contribution in [0.5, 0.6) is 5.75 Å². The lowest BCUT2D eigenvalue weighted by atomic mass is 10.2. The lowest BCUT2D eigenvalue weighted by molar-refractivity contribution is -0.643. The molecule has 0 atom stereocenters. The highest BCUT2D eigenvalue weighted by Crippen LogP contribution is 2.18. The lowest BCUT2D eigenvalue weighted by Gasteiger charge is -2.10. The number of quaternary nitrogens is 1. The summed E-state index contributed by atoms with van der Waals surface area (Å²) in [5, 5.41) is 2.14. The van der Waals surface area contributed by atoms with Gasteiger partial charge in [-0.25, -0.2) is 0 Å². The first-order chi connectivity index (χ1) is 8.40. The predicted molar refractivity (Wildman–Crippen MR) is 68.8 cm³/mol. The molecule has 2 aromatic rings. The highest BCUT2D eigenvalue weighted by molar-refractivity contribution is 5.32. The van der Waals surface area contributed by atoms with Crippen LogP contribution in [-0.2, 0) is 13.2 Å². The van der Waals surface area contributed by atoms with Gasteiger partial charge in [-0.1, -0.05) is 42.5 Å². The van der Waals surface area contributed by atoms with Crippen LogP contribution in [0, 0.1) is 0 Å². The number of hydrogen-bond donors (Lipinski definition) is 1. The highest BCUT2D eigenvalue weighted by atomic mass is 16.5. The zero-order valence-corrected chi connectivity index (χ0v) is 10.1. The maximum absolute atomic E-state index is 5.86. The molecule has 17 heavy (non-hydrogen) atoms. The zero-order valence-electron chi connectivity index (χ0n) is 10.1. The molecule has 2 nitrogen and oxygen atoms in total. The Labute approximate surface area is 102 Å². The van der Waals surface area contributed by atoms with Crippen molar-refractivity contribution in [2.75, 3.05) is 7.05 Å². The van der Waals surface area contributed by atoms with Gasteiger partial charge in [0.15, 0.2) is 0 Å². The summed E-state index contributed by atoms with van der Waals surface area (Å²) in [6, 6.07) is 18.4. The van der Waals surface area contributed by atoms with Gasteiger partial charge in [0.1, 0.15) is 18.9 Å². The molecule has 0 aromatic heterocycles. The van der Waals surface area contributed by atoms with E-state index in [9.17, 15) is 0 Å². The largest absolute Gasteiger partial charge is 0.488 e. The van der Waals surface area contributed by atoms with Crippen LogP contribution in [0.3, 0.4) is 0 Å². The average molecular weight is 228 g/mol. The van der Waals surface area contributed by atoms with Crippen LogP contribution in [0.15, 0.2) is 54.6 Å². The minimum Gasteiger partial charge on any atom is -0.488 e. The Bertz CT molecular complexity index is 453. The lowest BCUT2D eigenvalue weighted by Crippen LogP contribution is -2.77. The number of ether oxygens (including phenoxy) is 1. The van der Waals surface area contributed by atoms with Gasteiger partial charge < -0.3 is 10.1 Å². The normalized spacial score (nSPS) is 10.2. The first-order valence-corrected chi connectivity index (χ1v) is 5.92. The Balaban J connectivity index is 2.03. The number of nitrogens with two attached hydrogens (primary N) is 1. The fourth-order valence-electron chi connectivity index (χ4n) is 1.77. The molecule has 0 aliphatic carbocycles. The van der Waals surface area contributed by atoms with Gasteiger partial charge in [0.05, 0.1) is 7.05 Å². The molecule has 0 heterocycles. The molecule has 2 aromatic carbocycles. The van der Waals surface area contributed by atoms with E-state index >= 15 is 0 Å². The summed E-state index contributed by atoms with van der Waals surface area (Å²) < 4.78 is 5.86. The quantitative estimate of drug-likeness (QED) is 0.831. The zero-order chi connectivity index (χ0) is 11.9. The monoisotopic (exact) mass is 228 g/mol. The van der Waals surface area contributed by atoms with Gasteiger partial charge in [0.2, 0.25) is 0 Å². The summed E-state index contributed by atoms with van der Waals surface area (Å²) in [6.45, 7) is 1.58. The summed E-state index contributed by atoms with van der Waals surface area (Å²) in [5.74, 6) is 0.981. The Morgan fingerprint density at radius 3 is 2.41 bits per heavy atom. The van der Waals surface area contributed by atoms with Crippen molar-refractivity contribution in [3.05, 3.63) is 65.7 Å². The van der Waals surface area contributed by atoms with Crippen LogP contribution in [-0.4, -0.2) is 7.05 Å². The van der Waals surface area contributed by atoms with Crippen LogP contribution < -0.4 is 10.1 Å². The Hall–Kier alpha value is -1.80. The minimum atomic E-state index is 0.627. The Morgan fingerprint density at radius 2 is 1.65 bits per heavy atom. The molecule has 2 N–H and O–H groups in total. The molecule has 0 aliphatic heterocycles. The van der Waals surface area contributed by atoms with E-state index in [1.807, 2.05) is 36.4 Å². The maximum atomic E-state index is 5.86. The second-order valence-electron chi connectivity index (χ2n) is 3.99. The van der Waals surface area contributed by atoms with Crippen LogP contribution in [0.25, 0.3) is 0 Å². The van der Waals surface area contributed by atoms with Crippen LogP contribution in [0.4, 0.5) is 0 Å². The van der Waals surface area contributed by atoms with Gasteiger partial charge in [0, 0.05) is 5.56 Å². The first-order valence-electron chi connectivity index (χ1n) is 5.92. The smallest absolute Gasteiger partial charge is 0.128 e. The van der Waals surface area contributed by atoms with Gasteiger partial charge in [-0.3, -0.25) is 0 Å². The third kappa shape index (κ3) is 3.33. The van der Waals surface area contributed by atoms with E-state index in [0.29, 0.717) is 6.61 Å². The molecular formula is C15H18NO+. The van der Waals surface area contributed by atoms with Crippen LogP contribution in [0.2, 0.25) is 0 Å². The maximum Gasteiger partial charge on any atom is 0.128 e. The summed E-state index contributed by atoms with van der Waals surface area (Å²) in [7, 11) is 2.06. The van der Waals surface area contributed by atoms with E-state index in [4.69, 9.17) is 4.74 Å². The van der Waals surface area contributed by atoms with E-state index in [2.05, 4.69) is 30.6 Å². The van der Waals surface area contributed by atoms with Gasteiger partial charge >= 0.3 is 0 Å². The van der Waals surface area contributed by atoms with Gasteiger partial charge in [-0.2, -0.15) is 0 Å². The molecule has 0 unspecified atom stereocenters. The Kier molecular flexibility index (Phi) is 4.17. The number of hydrogen-bond acceptors (Lipinski definition) is 1. The van der Waals surface area contributed by atoms with E-state index in [1.54, 1.807) is 0 Å². The molecule has 0 radical (unpaired) electrons. The van der Waals surface area contributed by atoms with Gasteiger partial charge in [0.25, 0.3) is 0 Å². The summed E-state index contributed by atoms with van der Waals surface area (Å²) >= 11 is 0. The van der Waals surface area contributed by atoms with Crippen molar-refractivity contribution in [2.24, 2.45) is 0 Å². The number of para-hydroxylation sites is 1. The van der Waals surface area contributed by atoms with Gasteiger partial charge in [-0.15, -0.1) is 0 Å². The second-order valence-corrected chi connectivity index (χ2v) is 3.99. The first kappa shape index (κ1) is 11.7. The van der Waals surface area contributed by atoms with E-state index in [1.165, 1.54) is 11.1 Å². The molecule has 0 spiro atoms. The van der Waals surface area contributed by atoms with Crippen molar-refractivity contribution in [1.29, 1.82) is 0 Å². The molecule has 88 valence electrons. The molecule has 0 saturated heterocycles. The van der Waals surface area contributed by atoms with Crippen LogP contribution >= 0.6 is 0 Å². The molecule has 0 amide bonds. The van der Waals surface area contributed by atoms with Crippen molar-refractivity contribution >= 4 is 0 Å². The number of rotatable bonds is 5. The molecule has 2 rings (SSSR count). The molecule has 0 fully saturated rings. The highest BCUT2D eigenvalue weighted by Gasteiger charge is 2.03. The fourth-order valence-corrected chi connectivity index (χ4v) is 1.77. The Morgan fingerprint density at radius 1 is 0.941 bits per heavy atom. The standard InChI is InChI=1S/C15H17NO/c1-16-11-14-9-5-6-10-15(14)17-12-13-7-3-2-4-8-13/h2-10,16H,11-12H2,1H3/p+1. The van der Waals surface area contributed by atoms with Crippen molar-refractivity contribution in [3.63, 3.8) is 0 Å². The van der Waals surface area contributed by atoms with E-state index in [-0.39, 0.29) is 0 Å². The molecule has 2 heteroatoms. The van der Waals surface area contributed by atoms with Gasteiger partial charge in [-0.05, 0) is 17.7 Å². The van der Waals surface area contributed by atoms with Crippen molar-refractivity contribution in [1.82, 2.24) is 0 Å². The predicted octanol–water partition coefficient (Wildman–Crippen LogP) is 1.96. The minimum absolute atomic E-state index is 0.627. The molecule has 0 aliphatic rings. The van der Waals surface area contributed by atoms with E-state index < -0.39 is 0 Å².